The molecule has 0 aliphatic carbocycles. The quantitative estimate of drug-likeness (QED) is 0.657. The first-order valence-electron chi connectivity index (χ1n) is 10.5. The van der Waals surface area contributed by atoms with Gasteiger partial charge in [-0.15, -0.1) is 0 Å². The van der Waals surface area contributed by atoms with Crippen molar-refractivity contribution >= 4 is 11.0 Å². The van der Waals surface area contributed by atoms with Crippen molar-refractivity contribution in [3.05, 3.63) is 52.4 Å². The van der Waals surface area contributed by atoms with Crippen LogP contribution in [0.5, 0.6) is 17.2 Å². The number of phenols is 1. The number of nitrogens with zero attached hydrogens (tertiary/aromatic N) is 1. The summed E-state index contributed by atoms with van der Waals surface area (Å²) in [5, 5.41) is 11.3. The molecule has 2 aliphatic heterocycles. The predicted molar refractivity (Wildman–Crippen MR) is 114 cm³/mol. The van der Waals surface area contributed by atoms with Gasteiger partial charge >= 0.3 is 5.63 Å². The van der Waals surface area contributed by atoms with Gasteiger partial charge < -0.3 is 19.0 Å². The smallest absolute Gasteiger partial charge is 0.344 e. The summed E-state index contributed by atoms with van der Waals surface area (Å²) < 4.78 is 17.0. The van der Waals surface area contributed by atoms with Gasteiger partial charge in [0.1, 0.15) is 24.5 Å². The first-order chi connectivity index (χ1) is 14.6. The van der Waals surface area contributed by atoms with Crippen LogP contribution < -0.4 is 15.1 Å². The van der Waals surface area contributed by atoms with E-state index in [1.165, 1.54) is 0 Å². The molecule has 30 heavy (non-hydrogen) atoms. The van der Waals surface area contributed by atoms with Crippen molar-refractivity contribution in [2.45, 2.75) is 26.3 Å². The number of hydrogen-bond acceptors (Lipinski definition) is 6. The monoisotopic (exact) mass is 407 g/mol. The number of phenolic OH excluding ortho intramolecular Hbond substituents is 1. The van der Waals surface area contributed by atoms with Crippen molar-refractivity contribution in [1.82, 2.24) is 4.90 Å². The minimum atomic E-state index is -0.432. The van der Waals surface area contributed by atoms with Crippen LogP contribution in [-0.4, -0.2) is 36.3 Å². The van der Waals surface area contributed by atoms with Gasteiger partial charge in [0.2, 0.25) is 0 Å². The summed E-state index contributed by atoms with van der Waals surface area (Å²) in [7, 11) is 0. The van der Waals surface area contributed by atoms with Crippen molar-refractivity contribution in [2.75, 3.05) is 26.3 Å². The van der Waals surface area contributed by atoms with E-state index in [2.05, 4.69) is 11.8 Å². The second-order valence-electron chi connectivity index (χ2n) is 8.25. The van der Waals surface area contributed by atoms with Gasteiger partial charge in [-0.1, -0.05) is 13.0 Å². The van der Waals surface area contributed by atoms with E-state index in [1.54, 1.807) is 12.1 Å². The average Bonchev–Trinajstić information content (AvgIpc) is 2.76. The summed E-state index contributed by atoms with van der Waals surface area (Å²) in [6, 6.07) is 10.8. The number of hydrogen-bond donors (Lipinski definition) is 1. The second kappa shape index (κ2) is 7.69. The van der Waals surface area contributed by atoms with E-state index in [9.17, 15) is 9.90 Å². The third-order valence-corrected chi connectivity index (χ3v) is 6.09. The molecule has 3 aromatic rings. The van der Waals surface area contributed by atoms with Crippen molar-refractivity contribution in [2.24, 2.45) is 5.92 Å². The van der Waals surface area contributed by atoms with E-state index in [0.717, 1.165) is 42.8 Å². The Morgan fingerprint density at radius 2 is 1.80 bits per heavy atom. The SMILES string of the molecule is CC1CCN(Cc2c(O)ccc3cc(-c4ccc5c(c4)OCCO5)c(=O)oc23)CC1. The first-order valence-corrected chi connectivity index (χ1v) is 10.5. The van der Waals surface area contributed by atoms with Crippen molar-refractivity contribution in [3.8, 4) is 28.4 Å². The van der Waals surface area contributed by atoms with Crippen LogP contribution in [0.2, 0.25) is 0 Å². The highest BCUT2D eigenvalue weighted by atomic mass is 16.6. The lowest BCUT2D eigenvalue weighted by Crippen LogP contribution is -2.32. The Kier molecular flexibility index (Phi) is 4.87. The summed E-state index contributed by atoms with van der Waals surface area (Å²) in [6.45, 7) is 5.81. The van der Waals surface area contributed by atoms with Crippen molar-refractivity contribution in [1.29, 1.82) is 0 Å². The second-order valence-corrected chi connectivity index (χ2v) is 8.25. The van der Waals surface area contributed by atoms with E-state index in [4.69, 9.17) is 13.9 Å². The van der Waals surface area contributed by atoms with E-state index in [1.807, 2.05) is 24.3 Å². The zero-order valence-corrected chi connectivity index (χ0v) is 17.0. The molecule has 0 atom stereocenters. The van der Waals surface area contributed by atoms with Crippen LogP contribution in [0.15, 0.2) is 45.6 Å². The molecule has 3 heterocycles. The molecule has 0 unspecified atom stereocenters. The Labute approximate surface area is 174 Å². The molecule has 1 aromatic heterocycles. The Morgan fingerprint density at radius 1 is 1.03 bits per heavy atom. The normalized spacial score (nSPS) is 17.4. The van der Waals surface area contributed by atoms with Crippen LogP contribution in [0.3, 0.4) is 0 Å². The molecule has 156 valence electrons. The maximum Gasteiger partial charge on any atom is 0.344 e. The molecule has 1 N–H and O–H groups in total. The highest BCUT2D eigenvalue weighted by Gasteiger charge is 2.21. The van der Waals surface area contributed by atoms with Gasteiger partial charge in [-0.2, -0.15) is 0 Å². The minimum absolute atomic E-state index is 0.163. The number of likely N-dealkylation sites (tertiary alicyclic amines) is 1. The van der Waals surface area contributed by atoms with E-state index >= 15 is 0 Å². The summed E-state index contributed by atoms with van der Waals surface area (Å²) in [6.07, 6.45) is 2.29. The molecule has 0 amide bonds. The summed E-state index contributed by atoms with van der Waals surface area (Å²) in [5.74, 6) is 2.20. The van der Waals surface area contributed by atoms with Gasteiger partial charge in [-0.3, -0.25) is 4.90 Å². The summed E-state index contributed by atoms with van der Waals surface area (Å²) >= 11 is 0. The molecule has 2 aliphatic rings. The molecule has 2 aromatic carbocycles. The molecule has 0 bridgehead atoms. The Bertz CT molecular complexity index is 1140. The third-order valence-electron chi connectivity index (χ3n) is 6.09. The minimum Gasteiger partial charge on any atom is -0.507 e. The van der Waals surface area contributed by atoms with E-state index < -0.39 is 5.63 Å². The topological polar surface area (TPSA) is 72.1 Å². The van der Waals surface area contributed by atoms with Gasteiger partial charge in [0, 0.05) is 11.9 Å². The molecule has 0 spiro atoms. The fraction of sp³-hybridized carbons (Fsp3) is 0.375. The molecule has 1 saturated heterocycles. The Balaban J connectivity index is 1.53. The third kappa shape index (κ3) is 3.52. The molecular weight excluding hydrogens is 382 g/mol. The molecule has 5 rings (SSSR count). The lowest BCUT2D eigenvalue weighted by molar-refractivity contribution is 0.171. The summed E-state index contributed by atoms with van der Waals surface area (Å²) in [4.78, 5) is 15.2. The molecular formula is C24H25NO5. The summed E-state index contributed by atoms with van der Waals surface area (Å²) in [5.41, 5.74) is 1.88. The lowest BCUT2D eigenvalue weighted by Gasteiger charge is -2.30. The fourth-order valence-corrected chi connectivity index (χ4v) is 4.24. The molecule has 0 saturated carbocycles. The zero-order chi connectivity index (χ0) is 20.7. The molecule has 0 radical (unpaired) electrons. The Morgan fingerprint density at radius 3 is 2.60 bits per heavy atom. The predicted octanol–water partition coefficient (Wildman–Crippen LogP) is 4.17. The number of benzene rings is 2. The number of aromatic hydroxyl groups is 1. The highest BCUT2D eigenvalue weighted by Crippen LogP contribution is 2.35. The number of piperidine rings is 1. The van der Waals surface area contributed by atoms with E-state index in [0.29, 0.717) is 48.0 Å². The number of rotatable bonds is 3. The van der Waals surface area contributed by atoms with Crippen molar-refractivity contribution < 1.29 is 19.0 Å². The van der Waals surface area contributed by atoms with Gasteiger partial charge in [-0.05, 0) is 67.7 Å². The van der Waals surface area contributed by atoms with Gasteiger partial charge in [0.15, 0.2) is 11.5 Å². The Hall–Kier alpha value is -2.99. The maximum absolute atomic E-state index is 12.9. The largest absolute Gasteiger partial charge is 0.507 e. The highest BCUT2D eigenvalue weighted by molar-refractivity contribution is 5.86. The lowest BCUT2D eigenvalue weighted by atomic mass is 9.98. The van der Waals surface area contributed by atoms with Gasteiger partial charge in [0.05, 0.1) is 11.1 Å². The number of fused-ring (bicyclic) bond motifs is 2. The fourth-order valence-electron chi connectivity index (χ4n) is 4.24. The standard InChI is InChI=1S/C24H25NO5/c1-15-6-8-25(9-7-15)14-19-20(26)4-2-17-12-18(24(27)30-23(17)19)16-3-5-21-22(13-16)29-11-10-28-21/h2-5,12-13,15,26H,6-11,14H2,1H3. The molecule has 1 fully saturated rings. The van der Waals surface area contributed by atoms with Crippen LogP contribution in [0.25, 0.3) is 22.1 Å². The molecule has 6 heteroatoms. The van der Waals surface area contributed by atoms with Gasteiger partial charge in [-0.25, -0.2) is 4.79 Å². The van der Waals surface area contributed by atoms with Crippen LogP contribution in [0.1, 0.15) is 25.3 Å². The number of ether oxygens (including phenoxy) is 2. The van der Waals surface area contributed by atoms with E-state index in [-0.39, 0.29) is 5.75 Å². The maximum atomic E-state index is 12.9. The van der Waals surface area contributed by atoms with Crippen LogP contribution in [-0.2, 0) is 6.54 Å². The van der Waals surface area contributed by atoms with Crippen LogP contribution >= 0.6 is 0 Å². The molecule has 6 nitrogen and oxygen atoms in total. The van der Waals surface area contributed by atoms with Crippen LogP contribution in [0, 0.1) is 5.92 Å². The zero-order valence-electron chi connectivity index (χ0n) is 17.0. The first kappa shape index (κ1) is 19.0. The van der Waals surface area contributed by atoms with Crippen molar-refractivity contribution in [3.63, 3.8) is 0 Å². The van der Waals surface area contributed by atoms with Gasteiger partial charge in [0.25, 0.3) is 0 Å². The van der Waals surface area contributed by atoms with Crippen LogP contribution in [0.4, 0.5) is 0 Å². The average molecular weight is 407 g/mol.